The molecule has 0 rings (SSSR count). The third-order valence-electron chi connectivity index (χ3n) is 9.31. The Morgan fingerprint density at radius 1 is 0.467 bits per heavy atom. The van der Waals surface area contributed by atoms with Gasteiger partial charge in [-0.2, -0.15) is 0 Å². The van der Waals surface area contributed by atoms with Crippen LogP contribution in [0.5, 0.6) is 0 Å². The van der Waals surface area contributed by atoms with Crippen LogP contribution in [0.2, 0.25) is 0 Å². The number of unbranched alkanes of at least 4 members (excludes halogenated alkanes) is 22. The van der Waals surface area contributed by atoms with Crippen LogP contribution in [-0.4, -0.2) is 36.4 Å². The summed E-state index contributed by atoms with van der Waals surface area (Å²) in [6.07, 6.45) is 34.4. The normalized spacial score (nSPS) is 12.8. The quantitative estimate of drug-likeness (QED) is 0.0552. The number of hydrogen-bond acceptors (Lipinski definition) is 5. The Labute approximate surface area is 280 Å². The number of hydrogen-bond donors (Lipinski definition) is 1. The molecule has 0 aliphatic rings. The van der Waals surface area contributed by atoms with Crippen LogP contribution in [0.25, 0.3) is 0 Å². The fraction of sp³-hybridized carbons (Fsp3) is 0.950. The first-order chi connectivity index (χ1) is 21.8. The molecule has 0 radical (unpaired) electrons. The van der Waals surface area contributed by atoms with Gasteiger partial charge in [-0.1, -0.05) is 188 Å². The highest BCUT2D eigenvalue weighted by molar-refractivity contribution is 5.69. The van der Waals surface area contributed by atoms with Gasteiger partial charge in [0, 0.05) is 12.8 Å². The van der Waals surface area contributed by atoms with Gasteiger partial charge in [-0.25, -0.2) is 0 Å². The summed E-state index contributed by atoms with van der Waals surface area (Å²) in [5, 5.41) is 10.0. The van der Waals surface area contributed by atoms with Gasteiger partial charge in [0.15, 0.2) is 0 Å². The summed E-state index contributed by atoms with van der Waals surface area (Å²) < 4.78 is 10.3. The van der Waals surface area contributed by atoms with Crippen molar-refractivity contribution in [3.63, 3.8) is 0 Å². The standard InChI is InChI=1S/C40H78O5/c1-5-37(4)31-27-23-19-15-10-8-6-7-9-11-16-20-24-28-32-39(42)44-34-38(41)35-45-40(43)33-29-25-21-17-13-12-14-18-22-26-30-36(2)3/h36-38,41H,5-35H2,1-4H3/t37?,38-/m1/s1. The zero-order chi connectivity index (χ0) is 33.2. The van der Waals surface area contributed by atoms with Crippen LogP contribution in [-0.2, 0) is 19.1 Å². The van der Waals surface area contributed by atoms with Gasteiger partial charge in [0.1, 0.15) is 19.3 Å². The molecule has 2 atom stereocenters. The molecule has 1 N–H and O–H groups in total. The molecule has 0 amide bonds. The van der Waals surface area contributed by atoms with Crippen LogP contribution in [0.1, 0.15) is 214 Å². The number of carbonyl (C=O) groups excluding carboxylic acids is 2. The molecule has 0 aromatic rings. The smallest absolute Gasteiger partial charge is 0.305 e. The van der Waals surface area contributed by atoms with Crippen LogP contribution in [0.4, 0.5) is 0 Å². The highest BCUT2D eigenvalue weighted by Crippen LogP contribution is 2.17. The molecule has 0 saturated heterocycles. The van der Waals surface area contributed by atoms with Crippen molar-refractivity contribution in [2.24, 2.45) is 11.8 Å². The number of ether oxygens (including phenoxy) is 2. The van der Waals surface area contributed by atoms with Gasteiger partial charge in [0.2, 0.25) is 0 Å². The summed E-state index contributed by atoms with van der Waals surface area (Å²) in [7, 11) is 0. The topological polar surface area (TPSA) is 72.8 Å². The monoisotopic (exact) mass is 639 g/mol. The molecule has 0 aromatic carbocycles. The van der Waals surface area contributed by atoms with Gasteiger partial charge < -0.3 is 14.6 Å². The molecule has 5 nitrogen and oxygen atoms in total. The van der Waals surface area contributed by atoms with Gasteiger partial charge in [-0.3, -0.25) is 9.59 Å². The van der Waals surface area contributed by atoms with Crippen molar-refractivity contribution in [1.82, 2.24) is 0 Å². The zero-order valence-electron chi connectivity index (χ0n) is 30.7. The summed E-state index contributed by atoms with van der Waals surface area (Å²) >= 11 is 0. The molecular formula is C40H78O5. The molecule has 0 spiro atoms. The maximum absolute atomic E-state index is 12.0. The summed E-state index contributed by atoms with van der Waals surface area (Å²) in [6, 6.07) is 0. The highest BCUT2D eigenvalue weighted by atomic mass is 16.6. The zero-order valence-corrected chi connectivity index (χ0v) is 30.7. The summed E-state index contributed by atoms with van der Waals surface area (Å²) in [5.41, 5.74) is 0. The molecule has 5 heteroatoms. The molecular weight excluding hydrogens is 560 g/mol. The van der Waals surface area contributed by atoms with Crippen molar-refractivity contribution in [2.45, 2.75) is 220 Å². The third-order valence-corrected chi connectivity index (χ3v) is 9.31. The van der Waals surface area contributed by atoms with E-state index in [9.17, 15) is 14.7 Å². The van der Waals surface area contributed by atoms with Gasteiger partial charge in [-0.05, 0) is 24.7 Å². The molecule has 0 aromatic heterocycles. The van der Waals surface area contributed by atoms with Crippen LogP contribution in [0.15, 0.2) is 0 Å². The van der Waals surface area contributed by atoms with Crippen molar-refractivity contribution in [3.8, 4) is 0 Å². The largest absolute Gasteiger partial charge is 0.463 e. The van der Waals surface area contributed by atoms with Crippen molar-refractivity contribution in [1.29, 1.82) is 0 Å². The van der Waals surface area contributed by atoms with E-state index < -0.39 is 6.10 Å². The maximum Gasteiger partial charge on any atom is 0.305 e. The molecule has 0 fully saturated rings. The molecule has 0 heterocycles. The maximum atomic E-state index is 12.0. The first-order valence-corrected chi connectivity index (χ1v) is 19.8. The lowest BCUT2D eigenvalue weighted by Gasteiger charge is -2.12. The summed E-state index contributed by atoms with van der Waals surface area (Å²) in [5.74, 6) is 1.18. The Hall–Kier alpha value is -1.10. The second-order valence-electron chi connectivity index (χ2n) is 14.5. The summed E-state index contributed by atoms with van der Waals surface area (Å²) in [6.45, 7) is 9.04. The minimum Gasteiger partial charge on any atom is -0.463 e. The van der Waals surface area contributed by atoms with Gasteiger partial charge >= 0.3 is 11.9 Å². The Morgan fingerprint density at radius 3 is 1.07 bits per heavy atom. The van der Waals surface area contributed by atoms with Crippen molar-refractivity contribution < 1.29 is 24.2 Å². The first kappa shape index (κ1) is 43.9. The van der Waals surface area contributed by atoms with E-state index in [1.165, 1.54) is 141 Å². The lowest BCUT2D eigenvalue weighted by atomic mass is 9.99. The lowest BCUT2D eigenvalue weighted by Crippen LogP contribution is -2.25. The highest BCUT2D eigenvalue weighted by Gasteiger charge is 2.12. The van der Waals surface area contributed by atoms with Crippen molar-refractivity contribution >= 4 is 11.9 Å². The van der Waals surface area contributed by atoms with Crippen LogP contribution in [0.3, 0.4) is 0 Å². The Morgan fingerprint density at radius 2 is 0.756 bits per heavy atom. The van der Waals surface area contributed by atoms with Crippen LogP contribution < -0.4 is 0 Å². The second-order valence-corrected chi connectivity index (χ2v) is 14.5. The number of aliphatic hydroxyl groups excluding tert-OH is 1. The van der Waals surface area contributed by atoms with E-state index in [4.69, 9.17) is 9.47 Å². The lowest BCUT2D eigenvalue weighted by molar-refractivity contribution is -0.152. The van der Waals surface area contributed by atoms with E-state index in [0.29, 0.717) is 12.8 Å². The third kappa shape index (κ3) is 35.6. The second kappa shape index (κ2) is 34.2. The van der Waals surface area contributed by atoms with E-state index in [1.807, 2.05) is 0 Å². The van der Waals surface area contributed by atoms with Gasteiger partial charge in [0.25, 0.3) is 0 Å². The number of esters is 2. The Kier molecular flexibility index (Phi) is 33.4. The van der Waals surface area contributed by atoms with E-state index in [0.717, 1.165) is 43.9 Å². The van der Waals surface area contributed by atoms with Gasteiger partial charge in [0.05, 0.1) is 0 Å². The molecule has 45 heavy (non-hydrogen) atoms. The van der Waals surface area contributed by atoms with Gasteiger partial charge in [-0.15, -0.1) is 0 Å². The predicted molar refractivity (Wildman–Crippen MR) is 191 cm³/mol. The molecule has 0 saturated carbocycles. The van der Waals surface area contributed by atoms with Crippen LogP contribution in [0, 0.1) is 11.8 Å². The van der Waals surface area contributed by atoms with Crippen molar-refractivity contribution in [2.75, 3.05) is 13.2 Å². The average Bonchev–Trinajstić information content (AvgIpc) is 3.02. The molecule has 1 unspecified atom stereocenters. The predicted octanol–water partition coefficient (Wildman–Crippen LogP) is 12.1. The molecule has 268 valence electrons. The minimum absolute atomic E-state index is 0.109. The molecule has 0 aliphatic heterocycles. The minimum atomic E-state index is -0.956. The molecule has 0 bridgehead atoms. The van der Waals surface area contributed by atoms with E-state index >= 15 is 0 Å². The molecule has 0 aliphatic carbocycles. The fourth-order valence-electron chi connectivity index (χ4n) is 5.89. The van der Waals surface area contributed by atoms with E-state index in [-0.39, 0.29) is 25.2 Å². The average molecular weight is 639 g/mol. The fourth-order valence-corrected chi connectivity index (χ4v) is 5.89. The van der Waals surface area contributed by atoms with Crippen LogP contribution >= 0.6 is 0 Å². The van der Waals surface area contributed by atoms with E-state index in [2.05, 4.69) is 27.7 Å². The Bertz CT molecular complexity index is 634. The Balaban J connectivity index is 3.39. The van der Waals surface area contributed by atoms with E-state index in [1.54, 1.807) is 0 Å². The number of rotatable bonds is 35. The summed E-state index contributed by atoms with van der Waals surface area (Å²) in [4.78, 5) is 23.9. The first-order valence-electron chi connectivity index (χ1n) is 19.8. The SMILES string of the molecule is CCC(C)CCCCCCCCCCCCCCCCC(=O)OC[C@@H](O)COC(=O)CCCCCCCCCCCCC(C)C. The van der Waals surface area contributed by atoms with Crippen molar-refractivity contribution in [3.05, 3.63) is 0 Å². The number of aliphatic hydroxyl groups is 1. The number of carbonyl (C=O) groups is 2.